The second kappa shape index (κ2) is 8.56. The summed E-state index contributed by atoms with van der Waals surface area (Å²) in [6.45, 7) is 0.0424. The van der Waals surface area contributed by atoms with Crippen LogP contribution in [0.3, 0.4) is 0 Å². The fourth-order valence-electron chi connectivity index (χ4n) is 5.08. The Kier molecular flexibility index (Phi) is 5.66. The molecule has 0 unspecified atom stereocenters. The van der Waals surface area contributed by atoms with E-state index in [1.54, 1.807) is 41.3 Å². The molecule has 2 aromatic carbocycles. The number of amides is 3. The summed E-state index contributed by atoms with van der Waals surface area (Å²) in [7, 11) is -0.194. The van der Waals surface area contributed by atoms with Crippen LogP contribution in [0.4, 0.5) is 5.69 Å². The highest BCUT2D eigenvalue weighted by molar-refractivity contribution is 7.91. The van der Waals surface area contributed by atoms with E-state index < -0.39 is 22.0 Å². The second-order valence-electron chi connectivity index (χ2n) is 8.75. The molecule has 1 saturated heterocycles. The number of anilines is 1. The van der Waals surface area contributed by atoms with Crippen LogP contribution in [-0.4, -0.2) is 69.4 Å². The van der Waals surface area contributed by atoms with Crippen molar-refractivity contribution in [3.8, 4) is 11.5 Å². The average molecular weight is 500 g/mol. The van der Waals surface area contributed by atoms with Gasteiger partial charge in [-0.3, -0.25) is 19.3 Å². The standard InChI is InChI=1S/C24H25N3O7S/c1-33-18-8-7-16-20(21(18)34-2)24(30)27-17-6-4-3-5-15(17)23(29)26(22(16)27)11-9-19(28)25-14-10-12-35(31,32)13-14/h3-8,14,22H,9-13H2,1-2H3,(H,25,28)/t14-,22+/m1/s1. The normalized spacial score (nSPS) is 21.9. The molecule has 3 amide bonds. The van der Waals surface area contributed by atoms with Crippen LogP contribution >= 0.6 is 0 Å². The van der Waals surface area contributed by atoms with Gasteiger partial charge in [-0.2, -0.15) is 0 Å². The third kappa shape index (κ3) is 3.79. The highest BCUT2D eigenvalue weighted by Gasteiger charge is 2.49. The number of carbonyl (C=O) groups excluding carboxylic acids is 3. The highest BCUT2D eigenvalue weighted by Crippen LogP contribution is 2.49. The molecule has 3 aliphatic rings. The van der Waals surface area contributed by atoms with Crippen molar-refractivity contribution in [2.45, 2.75) is 25.0 Å². The van der Waals surface area contributed by atoms with Crippen LogP contribution in [-0.2, 0) is 14.6 Å². The molecule has 2 aromatic rings. The van der Waals surface area contributed by atoms with Crippen LogP contribution in [0.5, 0.6) is 11.5 Å². The molecule has 11 heteroatoms. The minimum absolute atomic E-state index is 0.0361. The Labute approximate surface area is 202 Å². The number of para-hydroxylation sites is 1. The first-order valence-electron chi connectivity index (χ1n) is 11.2. The predicted molar refractivity (Wildman–Crippen MR) is 126 cm³/mol. The monoisotopic (exact) mass is 499 g/mol. The summed E-state index contributed by atoms with van der Waals surface area (Å²) in [6, 6.07) is 9.85. The lowest BCUT2D eigenvalue weighted by Gasteiger charge is -2.40. The summed E-state index contributed by atoms with van der Waals surface area (Å²) >= 11 is 0. The molecule has 0 spiro atoms. The molecule has 5 rings (SSSR count). The van der Waals surface area contributed by atoms with Crippen molar-refractivity contribution < 1.29 is 32.3 Å². The van der Waals surface area contributed by atoms with E-state index in [-0.39, 0.29) is 47.9 Å². The minimum Gasteiger partial charge on any atom is -0.493 e. The van der Waals surface area contributed by atoms with E-state index in [9.17, 15) is 22.8 Å². The van der Waals surface area contributed by atoms with Gasteiger partial charge in [0.1, 0.15) is 6.17 Å². The maximum atomic E-state index is 13.6. The SMILES string of the molecule is COc1ccc2c(c1OC)C(=O)N1c3ccccc3C(=O)N(CCC(=O)N[C@@H]3CCS(=O)(=O)C3)[C@H]21. The third-order valence-electron chi connectivity index (χ3n) is 6.66. The van der Waals surface area contributed by atoms with Gasteiger partial charge >= 0.3 is 0 Å². The fourth-order valence-corrected chi connectivity index (χ4v) is 6.76. The van der Waals surface area contributed by atoms with Gasteiger partial charge in [-0.15, -0.1) is 0 Å². The first-order valence-corrected chi connectivity index (χ1v) is 13.1. The molecule has 2 atom stereocenters. The van der Waals surface area contributed by atoms with Gasteiger partial charge in [0.25, 0.3) is 11.8 Å². The number of nitrogens with one attached hydrogen (secondary N) is 1. The van der Waals surface area contributed by atoms with Gasteiger partial charge in [0.05, 0.1) is 42.5 Å². The largest absolute Gasteiger partial charge is 0.493 e. The van der Waals surface area contributed by atoms with Gasteiger partial charge in [0.15, 0.2) is 21.3 Å². The van der Waals surface area contributed by atoms with Crippen LogP contribution < -0.4 is 19.7 Å². The molecule has 3 heterocycles. The van der Waals surface area contributed by atoms with Gasteiger partial charge < -0.3 is 19.7 Å². The number of rotatable bonds is 6. The minimum atomic E-state index is -3.13. The van der Waals surface area contributed by atoms with E-state index in [1.807, 2.05) is 0 Å². The van der Waals surface area contributed by atoms with Gasteiger partial charge in [-0.05, 0) is 24.6 Å². The van der Waals surface area contributed by atoms with Crippen molar-refractivity contribution in [2.24, 2.45) is 0 Å². The summed E-state index contributed by atoms with van der Waals surface area (Å²) in [5.41, 5.74) is 1.74. The number of carbonyl (C=O) groups is 3. The summed E-state index contributed by atoms with van der Waals surface area (Å²) in [5.74, 6) is -0.303. The molecule has 1 N–H and O–H groups in total. The Morgan fingerprint density at radius 2 is 1.86 bits per heavy atom. The molecule has 10 nitrogen and oxygen atoms in total. The lowest BCUT2D eigenvalue weighted by Crippen LogP contribution is -2.49. The number of benzene rings is 2. The van der Waals surface area contributed by atoms with E-state index >= 15 is 0 Å². The van der Waals surface area contributed by atoms with Crippen LogP contribution in [0.1, 0.15) is 45.3 Å². The lowest BCUT2D eigenvalue weighted by atomic mass is 10.0. The van der Waals surface area contributed by atoms with Crippen molar-refractivity contribution in [1.29, 1.82) is 0 Å². The quantitative estimate of drug-likeness (QED) is 0.639. The Hall–Kier alpha value is -3.60. The summed E-state index contributed by atoms with van der Waals surface area (Å²) in [4.78, 5) is 42.8. The number of ether oxygens (including phenoxy) is 2. The number of sulfone groups is 1. The van der Waals surface area contributed by atoms with E-state index in [0.29, 0.717) is 34.5 Å². The van der Waals surface area contributed by atoms with E-state index in [4.69, 9.17) is 9.47 Å². The maximum absolute atomic E-state index is 13.6. The fraction of sp³-hybridized carbons (Fsp3) is 0.375. The topological polar surface area (TPSA) is 122 Å². The predicted octanol–water partition coefficient (Wildman–Crippen LogP) is 1.51. The van der Waals surface area contributed by atoms with Crippen molar-refractivity contribution in [3.05, 3.63) is 53.1 Å². The number of hydrogen-bond donors (Lipinski definition) is 1. The molecule has 0 radical (unpaired) electrons. The van der Waals surface area contributed by atoms with Crippen molar-refractivity contribution in [1.82, 2.24) is 10.2 Å². The number of fused-ring (bicyclic) bond motifs is 5. The van der Waals surface area contributed by atoms with Crippen molar-refractivity contribution in [3.63, 3.8) is 0 Å². The summed E-state index contributed by atoms with van der Waals surface area (Å²) in [5, 5.41) is 2.76. The highest BCUT2D eigenvalue weighted by atomic mass is 32.2. The first-order chi connectivity index (χ1) is 16.8. The molecule has 0 aromatic heterocycles. The van der Waals surface area contributed by atoms with Crippen LogP contribution in [0.2, 0.25) is 0 Å². The Balaban J connectivity index is 1.48. The summed E-state index contributed by atoms with van der Waals surface area (Å²) < 4.78 is 34.3. The third-order valence-corrected chi connectivity index (χ3v) is 8.43. The second-order valence-corrected chi connectivity index (χ2v) is 11.0. The molecule has 3 aliphatic heterocycles. The molecule has 35 heavy (non-hydrogen) atoms. The molecule has 0 aliphatic carbocycles. The van der Waals surface area contributed by atoms with Gasteiger partial charge in [-0.25, -0.2) is 8.42 Å². The van der Waals surface area contributed by atoms with Gasteiger partial charge in [0, 0.05) is 24.6 Å². The average Bonchev–Trinajstić information content (AvgIpc) is 3.34. The number of nitrogens with zero attached hydrogens (tertiary/aromatic N) is 2. The smallest absolute Gasteiger partial charge is 0.264 e. The Morgan fingerprint density at radius 3 is 2.54 bits per heavy atom. The van der Waals surface area contributed by atoms with E-state index in [2.05, 4.69) is 5.32 Å². The van der Waals surface area contributed by atoms with E-state index in [1.165, 1.54) is 19.1 Å². The van der Waals surface area contributed by atoms with Crippen molar-refractivity contribution in [2.75, 3.05) is 37.2 Å². The Bertz CT molecular complexity index is 1340. The zero-order valence-corrected chi connectivity index (χ0v) is 20.1. The zero-order chi connectivity index (χ0) is 24.9. The molecule has 1 fully saturated rings. The van der Waals surface area contributed by atoms with Crippen LogP contribution in [0, 0.1) is 0 Å². The maximum Gasteiger partial charge on any atom is 0.264 e. The number of methoxy groups -OCH3 is 2. The Morgan fingerprint density at radius 1 is 1.09 bits per heavy atom. The zero-order valence-electron chi connectivity index (χ0n) is 19.3. The molecule has 0 bridgehead atoms. The molecule has 0 saturated carbocycles. The number of hydrogen-bond acceptors (Lipinski definition) is 7. The first kappa shape index (κ1) is 23.2. The van der Waals surface area contributed by atoms with Gasteiger partial charge in [0.2, 0.25) is 5.91 Å². The van der Waals surface area contributed by atoms with Crippen LogP contribution in [0.25, 0.3) is 0 Å². The van der Waals surface area contributed by atoms with E-state index in [0.717, 1.165) is 0 Å². The van der Waals surface area contributed by atoms with Gasteiger partial charge in [-0.1, -0.05) is 18.2 Å². The van der Waals surface area contributed by atoms with Crippen LogP contribution in [0.15, 0.2) is 36.4 Å². The molecule has 184 valence electrons. The van der Waals surface area contributed by atoms with Crippen molar-refractivity contribution >= 4 is 33.2 Å². The molecular weight excluding hydrogens is 474 g/mol. The summed E-state index contributed by atoms with van der Waals surface area (Å²) in [6.07, 6.45) is -0.408. The lowest BCUT2D eigenvalue weighted by molar-refractivity contribution is -0.121. The molecular formula is C24H25N3O7S.